The summed E-state index contributed by atoms with van der Waals surface area (Å²) in [5, 5.41) is 0. The summed E-state index contributed by atoms with van der Waals surface area (Å²) in [5.41, 5.74) is 0. The minimum absolute atomic E-state index is 0. The summed E-state index contributed by atoms with van der Waals surface area (Å²) in [7, 11) is 4.92. The van der Waals surface area contributed by atoms with Gasteiger partial charge in [-0.05, 0) is 0 Å². The quantitative estimate of drug-likeness (QED) is 0.393. The Morgan fingerprint density at radius 2 is 1.00 bits per heavy atom. The molecule has 0 saturated heterocycles. The molecule has 0 aliphatic rings. The van der Waals surface area contributed by atoms with Crippen LogP contribution in [0.25, 0.3) is 0 Å². The first-order valence-electron chi connectivity index (χ1n) is 0.995. The maximum absolute atomic E-state index is 8.49. The van der Waals surface area contributed by atoms with E-state index in [0.29, 0.717) is 0 Å². The van der Waals surface area contributed by atoms with Gasteiger partial charge in [0, 0.05) is 0 Å². The van der Waals surface area contributed by atoms with Gasteiger partial charge in [-0.1, -0.05) is 0 Å². The molecule has 0 heterocycles. The largest absolute Gasteiger partial charge is 0.222 e. The van der Waals surface area contributed by atoms with Gasteiger partial charge in [0.2, 0.25) is 0 Å². The van der Waals surface area contributed by atoms with Gasteiger partial charge in [0.15, 0.2) is 0 Å². The van der Waals surface area contributed by atoms with Crippen LogP contribution in [0.15, 0.2) is 0 Å². The second-order valence-corrected chi connectivity index (χ2v) is 5.45. The van der Waals surface area contributed by atoms with Crippen LogP contribution in [-0.2, 0) is 22.4 Å². The molecule has 2 radical (unpaired) electrons. The topological polar surface area (TPSA) is 92.2 Å². The van der Waals surface area contributed by atoms with Crippen molar-refractivity contribution in [3.63, 3.8) is 0 Å². The second kappa shape index (κ2) is 10.2. The van der Waals surface area contributed by atoms with Gasteiger partial charge >= 0.3 is 59.1 Å². The third-order valence-electron chi connectivity index (χ3n) is 0. The van der Waals surface area contributed by atoms with Crippen LogP contribution in [0.1, 0.15) is 0 Å². The molecular weight excluding hydrogens is 397 g/mol. The van der Waals surface area contributed by atoms with Gasteiger partial charge in [0.1, 0.15) is 0 Å². The number of rotatable bonds is 0. The van der Waals surface area contributed by atoms with Crippen LogP contribution in [-0.4, -0.2) is 18.9 Å². The van der Waals surface area contributed by atoms with Crippen molar-refractivity contribution >= 4 is 36.7 Å². The first kappa shape index (κ1) is 17.4. The molecule has 0 unspecified atom stereocenters. The zero-order valence-electron chi connectivity index (χ0n) is 3.57. The molecule has 0 aromatic carbocycles. The Labute approximate surface area is 87.0 Å². The molecule has 0 aromatic heterocycles. The van der Waals surface area contributed by atoms with Crippen LogP contribution < -0.4 is 18.6 Å². The maximum Gasteiger partial charge on any atom is -0.112 e. The van der Waals surface area contributed by atoms with Gasteiger partial charge in [0.25, 0.3) is 0 Å². The minimum atomic E-state index is -4.94. The SMILES string of the molecule is [Ag+].[Cl][Sn][Cl].[O-][Cl+3]([O-])([O-])[O-]. The van der Waals surface area contributed by atoms with Crippen LogP contribution in [0.5, 0.6) is 0 Å². The summed E-state index contributed by atoms with van der Waals surface area (Å²) in [6, 6.07) is 0. The summed E-state index contributed by atoms with van der Waals surface area (Å²) >= 11 is -0.826. The standard InChI is InChI=1S/Ag.ClHO4.2ClH.Sn/c;2-1(3,4)5;;;/h;(H,2,3,4,5);2*1H;/q+1;;;;+2/p-3. The van der Waals surface area contributed by atoms with Crippen LogP contribution in [0.4, 0.5) is 0 Å². The van der Waals surface area contributed by atoms with Crippen LogP contribution >= 0.6 is 17.8 Å². The van der Waals surface area contributed by atoms with Gasteiger partial charge in [-0.15, -0.1) is 10.2 Å². The van der Waals surface area contributed by atoms with Crippen LogP contribution in [0.3, 0.4) is 0 Å². The number of hydrogen-bond donors (Lipinski definition) is 0. The molecule has 0 aliphatic carbocycles. The smallest absolute Gasteiger partial charge is 0.112 e. The second-order valence-electron chi connectivity index (χ2n) is 0.449. The molecule has 60 valence electrons. The average Bonchev–Trinajstić information content (AvgIpc) is 1.27. The van der Waals surface area contributed by atoms with Crippen LogP contribution in [0.2, 0.25) is 0 Å². The normalized spacial score (nSPS) is 8.67. The van der Waals surface area contributed by atoms with E-state index in [1.54, 1.807) is 0 Å². The molecule has 0 amide bonds. The fourth-order valence-electron chi connectivity index (χ4n) is 0. The zero-order chi connectivity index (χ0) is 7.21. The summed E-state index contributed by atoms with van der Waals surface area (Å²) in [6.07, 6.45) is 0. The Hall–Kier alpha value is 2.25. The zero-order valence-corrected chi connectivity index (χ0v) is 10.2. The molecule has 9 heavy (non-hydrogen) atoms. The van der Waals surface area contributed by atoms with Crippen molar-refractivity contribution in [1.82, 2.24) is 0 Å². The molecule has 4 nitrogen and oxygen atoms in total. The Bertz CT molecular complexity index is 39.6. The van der Waals surface area contributed by atoms with Crippen molar-refractivity contribution in [2.24, 2.45) is 0 Å². The molecule has 0 aliphatic heterocycles. The molecule has 0 fully saturated rings. The van der Waals surface area contributed by atoms with E-state index >= 15 is 0 Å². The van der Waals surface area contributed by atoms with Crippen molar-refractivity contribution < 1.29 is 51.3 Å². The summed E-state index contributed by atoms with van der Waals surface area (Å²) < 4.78 is 34.0. The third-order valence-corrected chi connectivity index (χ3v) is 0. The predicted octanol–water partition coefficient (Wildman–Crippen LogP) is -3.76. The van der Waals surface area contributed by atoms with E-state index in [-0.39, 0.29) is 22.4 Å². The summed E-state index contributed by atoms with van der Waals surface area (Å²) in [5.74, 6) is 0. The first-order chi connectivity index (χ1) is 3.41. The van der Waals surface area contributed by atoms with Gasteiger partial charge < -0.3 is 0 Å². The van der Waals surface area contributed by atoms with E-state index in [1.165, 1.54) is 0 Å². The molecule has 0 rings (SSSR count). The molecule has 0 bridgehead atoms. The van der Waals surface area contributed by atoms with Crippen molar-refractivity contribution in [2.75, 3.05) is 0 Å². The van der Waals surface area contributed by atoms with E-state index in [9.17, 15) is 0 Å². The van der Waals surface area contributed by atoms with E-state index in [4.69, 9.17) is 36.5 Å². The number of hydrogen-bond acceptors (Lipinski definition) is 4. The van der Waals surface area contributed by atoms with Crippen molar-refractivity contribution in [3.05, 3.63) is 0 Å². The molecule has 0 N–H and O–H groups in total. The van der Waals surface area contributed by atoms with Gasteiger partial charge in [-0.3, -0.25) is 0 Å². The Balaban J connectivity index is -0.0000000800. The molecule has 0 aromatic rings. The number of halogens is 3. The van der Waals surface area contributed by atoms with E-state index in [0.717, 1.165) is 0 Å². The maximum atomic E-state index is 8.49. The fourth-order valence-corrected chi connectivity index (χ4v) is 0. The first-order valence-corrected chi connectivity index (χ1v) is 9.46. The Kier molecular flexibility index (Phi) is 19.8. The van der Waals surface area contributed by atoms with Gasteiger partial charge in [-0.2, -0.15) is 0 Å². The Morgan fingerprint density at radius 1 is 1.00 bits per heavy atom. The van der Waals surface area contributed by atoms with Gasteiger partial charge in [0.05, 0.1) is 0 Å². The molecule has 0 saturated carbocycles. The third kappa shape index (κ3) is 138. The van der Waals surface area contributed by atoms with Crippen molar-refractivity contribution in [3.8, 4) is 0 Å². The molecular formula is AgCl3O4Sn. The average molecular weight is 397 g/mol. The molecule has 0 atom stereocenters. The van der Waals surface area contributed by atoms with Gasteiger partial charge in [-0.25, -0.2) is 18.6 Å². The predicted molar refractivity (Wildman–Crippen MR) is 17.5 cm³/mol. The van der Waals surface area contributed by atoms with Crippen LogP contribution in [0, 0.1) is 10.2 Å². The van der Waals surface area contributed by atoms with E-state index in [1.807, 2.05) is 0 Å². The van der Waals surface area contributed by atoms with Crippen molar-refractivity contribution in [2.45, 2.75) is 0 Å². The monoisotopic (exact) mass is 396 g/mol. The van der Waals surface area contributed by atoms with E-state index < -0.39 is 29.1 Å². The molecule has 0 spiro atoms. The molecule has 9 heteroatoms. The summed E-state index contributed by atoms with van der Waals surface area (Å²) in [4.78, 5) is 0. The van der Waals surface area contributed by atoms with E-state index in [2.05, 4.69) is 0 Å². The Morgan fingerprint density at radius 3 is 1.00 bits per heavy atom. The minimum Gasteiger partial charge on any atom is -0.222 e. The van der Waals surface area contributed by atoms with Crippen molar-refractivity contribution in [1.29, 1.82) is 0 Å². The fraction of sp³-hybridized carbons (Fsp3) is 0. The summed E-state index contributed by atoms with van der Waals surface area (Å²) in [6.45, 7) is 0.